The minimum absolute atomic E-state index is 0. The van der Waals surface area contributed by atoms with Gasteiger partial charge in [-0.05, 0) is 51.7 Å². The molecule has 0 aliphatic carbocycles. The number of carbonyl (C=O) groups is 1. The summed E-state index contributed by atoms with van der Waals surface area (Å²) >= 11 is 0. The van der Waals surface area contributed by atoms with E-state index >= 15 is 0 Å². The second-order valence-corrected chi connectivity index (χ2v) is 5.85. The molecule has 1 N–H and O–H groups in total. The van der Waals surface area contributed by atoms with Crippen molar-refractivity contribution < 1.29 is 4.79 Å². The number of likely N-dealkylation sites (tertiary alicyclic amines) is 1. The number of amides is 1. The van der Waals surface area contributed by atoms with Crippen molar-refractivity contribution >= 4 is 30.7 Å². The van der Waals surface area contributed by atoms with Gasteiger partial charge in [-0.15, -0.1) is 24.8 Å². The minimum Gasteiger partial charge on any atom is -0.341 e. The zero-order valence-electron chi connectivity index (χ0n) is 12.6. The summed E-state index contributed by atoms with van der Waals surface area (Å²) in [6.45, 7) is 7.44. The van der Waals surface area contributed by atoms with E-state index in [4.69, 9.17) is 0 Å². The third kappa shape index (κ3) is 5.40. The monoisotopic (exact) mass is 325 g/mol. The van der Waals surface area contributed by atoms with Crippen molar-refractivity contribution in [3.05, 3.63) is 0 Å². The van der Waals surface area contributed by atoms with Gasteiger partial charge in [0, 0.05) is 19.6 Å². The molecule has 0 saturated carbocycles. The summed E-state index contributed by atoms with van der Waals surface area (Å²) in [7, 11) is 2.19. The molecule has 2 saturated heterocycles. The van der Waals surface area contributed by atoms with E-state index in [1.54, 1.807) is 0 Å². The van der Waals surface area contributed by atoms with Crippen LogP contribution >= 0.6 is 24.8 Å². The zero-order chi connectivity index (χ0) is 13.0. The molecule has 2 aliphatic heterocycles. The summed E-state index contributed by atoms with van der Waals surface area (Å²) in [6.07, 6.45) is 4.55. The molecule has 0 radical (unpaired) electrons. The largest absolute Gasteiger partial charge is 0.341 e. The van der Waals surface area contributed by atoms with Crippen molar-refractivity contribution in [2.45, 2.75) is 38.6 Å². The van der Waals surface area contributed by atoms with Gasteiger partial charge in [0.25, 0.3) is 0 Å². The van der Waals surface area contributed by atoms with Crippen LogP contribution in [0.5, 0.6) is 0 Å². The van der Waals surface area contributed by atoms with E-state index < -0.39 is 0 Å². The van der Waals surface area contributed by atoms with Gasteiger partial charge in [-0.25, -0.2) is 0 Å². The van der Waals surface area contributed by atoms with Crippen LogP contribution in [0.4, 0.5) is 0 Å². The fourth-order valence-corrected chi connectivity index (χ4v) is 3.21. The first-order valence-electron chi connectivity index (χ1n) is 7.41. The number of rotatable bonds is 5. The Labute approximate surface area is 135 Å². The second kappa shape index (κ2) is 9.82. The Bertz CT molecular complexity index is 286. The molecule has 2 aliphatic rings. The van der Waals surface area contributed by atoms with E-state index in [0.717, 1.165) is 45.6 Å². The van der Waals surface area contributed by atoms with Crippen molar-refractivity contribution in [2.24, 2.45) is 5.92 Å². The first kappa shape index (κ1) is 20.0. The quantitative estimate of drug-likeness (QED) is 0.836. The number of halogens is 2. The summed E-state index contributed by atoms with van der Waals surface area (Å²) in [5, 5.41) is 3.31. The summed E-state index contributed by atoms with van der Waals surface area (Å²) in [4.78, 5) is 16.7. The summed E-state index contributed by atoms with van der Waals surface area (Å²) in [6, 6.07) is 0.108. The van der Waals surface area contributed by atoms with E-state index in [2.05, 4.69) is 29.1 Å². The third-order valence-electron chi connectivity index (χ3n) is 4.13. The Morgan fingerprint density at radius 3 is 2.70 bits per heavy atom. The first-order valence-corrected chi connectivity index (χ1v) is 7.41. The highest BCUT2D eigenvalue weighted by Crippen LogP contribution is 2.19. The molecule has 2 atom stereocenters. The lowest BCUT2D eigenvalue weighted by Gasteiger charge is -2.22. The fraction of sp³-hybridized carbons (Fsp3) is 0.929. The number of hydrogen-bond acceptors (Lipinski definition) is 3. The highest BCUT2D eigenvalue weighted by atomic mass is 35.5. The maximum Gasteiger partial charge on any atom is 0.239 e. The predicted molar refractivity (Wildman–Crippen MR) is 88.0 cm³/mol. The van der Waals surface area contributed by atoms with Crippen LogP contribution in [0, 0.1) is 5.92 Å². The van der Waals surface area contributed by atoms with Gasteiger partial charge in [0.2, 0.25) is 5.91 Å². The number of hydrogen-bond donors (Lipinski definition) is 1. The molecule has 120 valence electrons. The van der Waals surface area contributed by atoms with Crippen molar-refractivity contribution in [3.8, 4) is 0 Å². The van der Waals surface area contributed by atoms with E-state index in [-0.39, 0.29) is 30.9 Å². The van der Waals surface area contributed by atoms with E-state index in [0.29, 0.717) is 11.8 Å². The summed E-state index contributed by atoms with van der Waals surface area (Å²) < 4.78 is 0. The lowest BCUT2D eigenvalue weighted by Crippen LogP contribution is -2.42. The fourth-order valence-electron chi connectivity index (χ4n) is 3.21. The molecule has 2 fully saturated rings. The Morgan fingerprint density at radius 2 is 2.10 bits per heavy atom. The highest BCUT2D eigenvalue weighted by molar-refractivity contribution is 5.85. The van der Waals surface area contributed by atoms with Crippen LogP contribution in [0.3, 0.4) is 0 Å². The molecule has 2 unspecified atom stereocenters. The Kier molecular flexibility index (Phi) is 9.81. The molecule has 2 rings (SSSR count). The standard InChI is InChI=1S/C14H27N3O.2ClH/c1-3-8-16(2)10-12-6-9-17(11-12)14(18)13-5-4-7-15-13;;/h12-13,15H,3-11H2,1-2H3;2*1H. The molecule has 0 aromatic heterocycles. The molecule has 0 aromatic rings. The minimum atomic E-state index is 0. The van der Waals surface area contributed by atoms with Gasteiger partial charge in [0.15, 0.2) is 0 Å². The molecule has 20 heavy (non-hydrogen) atoms. The van der Waals surface area contributed by atoms with Gasteiger partial charge in [-0.3, -0.25) is 4.79 Å². The van der Waals surface area contributed by atoms with E-state index in [9.17, 15) is 4.79 Å². The second-order valence-electron chi connectivity index (χ2n) is 5.85. The SMILES string of the molecule is CCCN(C)CC1CCN(C(=O)C2CCCN2)C1.Cl.Cl. The third-order valence-corrected chi connectivity index (χ3v) is 4.13. The molecule has 4 nitrogen and oxygen atoms in total. The lowest BCUT2D eigenvalue weighted by atomic mass is 10.1. The van der Waals surface area contributed by atoms with Crippen LogP contribution in [0.15, 0.2) is 0 Å². The first-order chi connectivity index (χ1) is 8.70. The Morgan fingerprint density at radius 1 is 1.35 bits per heavy atom. The maximum absolute atomic E-state index is 12.3. The van der Waals surface area contributed by atoms with E-state index in [1.807, 2.05) is 0 Å². The molecule has 0 spiro atoms. The molecule has 1 amide bonds. The van der Waals surface area contributed by atoms with Gasteiger partial charge >= 0.3 is 0 Å². The molecule has 0 aromatic carbocycles. The number of carbonyl (C=O) groups excluding carboxylic acids is 1. The van der Waals surface area contributed by atoms with Gasteiger partial charge in [0.05, 0.1) is 6.04 Å². The van der Waals surface area contributed by atoms with E-state index in [1.165, 1.54) is 12.8 Å². The van der Waals surface area contributed by atoms with Crippen LogP contribution in [0.1, 0.15) is 32.6 Å². The predicted octanol–water partition coefficient (Wildman–Crippen LogP) is 1.77. The van der Waals surface area contributed by atoms with Crippen LogP contribution in [0.2, 0.25) is 0 Å². The topological polar surface area (TPSA) is 35.6 Å². The van der Waals surface area contributed by atoms with Gasteiger partial charge in [0.1, 0.15) is 0 Å². The Hall–Kier alpha value is -0.0300. The van der Waals surface area contributed by atoms with Crippen molar-refractivity contribution in [1.29, 1.82) is 0 Å². The van der Waals surface area contributed by atoms with Crippen LogP contribution in [-0.4, -0.2) is 61.5 Å². The Balaban J connectivity index is 0.00000180. The van der Waals surface area contributed by atoms with Crippen LogP contribution in [-0.2, 0) is 4.79 Å². The lowest BCUT2D eigenvalue weighted by molar-refractivity contribution is -0.132. The number of nitrogens with zero attached hydrogens (tertiary/aromatic N) is 2. The molecular formula is C14H29Cl2N3O. The van der Waals surface area contributed by atoms with Crippen molar-refractivity contribution in [2.75, 3.05) is 39.8 Å². The summed E-state index contributed by atoms with van der Waals surface area (Å²) in [5.41, 5.74) is 0. The zero-order valence-corrected chi connectivity index (χ0v) is 14.3. The van der Waals surface area contributed by atoms with Gasteiger partial charge < -0.3 is 15.1 Å². The normalized spacial score (nSPS) is 25.4. The average Bonchev–Trinajstić information content (AvgIpc) is 2.98. The average molecular weight is 326 g/mol. The van der Waals surface area contributed by atoms with Gasteiger partial charge in [-0.1, -0.05) is 6.92 Å². The molecule has 6 heteroatoms. The smallest absolute Gasteiger partial charge is 0.239 e. The van der Waals surface area contributed by atoms with Crippen molar-refractivity contribution in [3.63, 3.8) is 0 Å². The summed E-state index contributed by atoms with van der Waals surface area (Å²) in [5.74, 6) is 1.01. The van der Waals surface area contributed by atoms with Gasteiger partial charge in [-0.2, -0.15) is 0 Å². The molecule has 0 bridgehead atoms. The van der Waals surface area contributed by atoms with Crippen molar-refractivity contribution in [1.82, 2.24) is 15.1 Å². The maximum atomic E-state index is 12.3. The molecular weight excluding hydrogens is 297 g/mol. The van der Waals surface area contributed by atoms with Crippen LogP contribution in [0.25, 0.3) is 0 Å². The van der Waals surface area contributed by atoms with Crippen LogP contribution < -0.4 is 5.32 Å². The highest BCUT2D eigenvalue weighted by Gasteiger charge is 2.32. The number of nitrogens with one attached hydrogen (secondary N) is 1. The molecule has 2 heterocycles.